The van der Waals surface area contributed by atoms with E-state index >= 15 is 0 Å². The molecular weight excluding hydrogens is 445 g/mol. The molecule has 0 saturated carbocycles. The summed E-state index contributed by atoms with van der Waals surface area (Å²) in [4.78, 5) is 54.3. The second-order valence-corrected chi connectivity index (χ2v) is 11.1. The van der Waals surface area contributed by atoms with E-state index in [1.807, 2.05) is 78.8 Å². The molecule has 194 valence electrons. The molecule has 1 rings (SSSR count). The fourth-order valence-corrected chi connectivity index (χ4v) is 4.54. The summed E-state index contributed by atoms with van der Waals surface area (Å²) in [5, 5.41) is 2.96. The number of nitrogens with zero attached hydrogens (tertiary/aromatic N) is 2. The van der Waals surface area contributed by atoms with Crippen molar-refractivity contribution in [1.29, 1.82) is 0 Å². The van der Waals surface area contributed by atoms with Crippen molar-refractivity contribution in [2.75, 3.05) is 21.2 Å². The van der Waals surface area contributed by atoms with E-state index in [0.717, 1.165) is 11.7 Å². The van der Waals surface area contributed by atoms with Crippen molar-refractivity contribution in [3.63, 3.8) is 0 Å². The minimum atomic E-state index is -0.912. The number of benzene rings is 1. The molecule has 1 aromatic carbocycles. The number of hydrogen-bond acceptors (Lipinski definition) is 6. The van der Waals surface area contributed by atoms with Gasteiger partial charge in [0.05, 0.1) is 19.3 Å². The summed E-state index contributed by atoms with van der Waals surface area (Å²) in [6, 6.07) is 7.16. The van der Waals surface area contributed by atoms with Crippen LogP contribution in [-0.4, -0.2) is 80.4 Å². The Kier molecular flexibility index (Phi) is 10.7. The number of hydrogen-bond donors (Lipinski definition) is 1. The third-order valence-corrected chi connectivity index (χ3v) is 6.49. The fourth-order valence-electron chi connectivity index (χ4n) is 4.54. The van der Waals surface area contributed by atoms with E-state index in [-0.39, 0.29) is 25.1 Å². The van der Waals surface area contributed by atoms with Gasteiger partial charge in [0.1, 0.15) is 12.1 Å². The summed E-state index contributed by atoms with van der Waals surface area (Å²) in [5.74, 6) is -1.45. The molecule has 0 aliphatic rings. The topological polar surface area (TPSA) is 96.0 Å². The molecule has 8 nitrogen and oxygen atoms in total. The number of ether oxygens (including phenoxy) is 1. The Labute approximate surface area is 211 Å². The fraction of sp³-hybridized carbons (Fsp3) is 0.615. The van der Waals surface area contributed by atoms with Crippen LogP contribution in [0, 0.1) is 11.3 Å². The van der Waals surface area contributed by atoms with E-state index in [1.54, 1.807) is 18.9 Å². The van der Waals surface area contributed by atoms with Gasteiger partial charge in [-0.25, -0.2) is 4.79 Å². The first kappa shape index (κ1) is 30.4. The monoisotopic (exact) mass is 487 g/mol. The zero-order valence-corrected chi connectivity index (χ0v) is 22.9. The Hall–Kier alpha value is -2.68. The predicted molar refractivity (Wildman–Crippen MR) is 140 cm³/mol. The zero-order chi connectivity index (χ0) is 27.1. The molecule has 1 unspecified atom stereocenters. The van der Waals surface area contributed by atoms with Gasteiger partial charge in [0.25, 0.3) is 7.41 Å². The number of amides is 2. The molecule has 0 fully saturated rings. The first-order valence-corrected chi connectivity index (χ1v) is 12.0. The van der Waals surface area contributed by atoms with E-state index < -0.39 is 34.9 Å². The summed E-state index contributed by atoms with van der Waals surface area (Å²) in [6.07, 6.45) is 0.755. The van der Waals surface area contributed by atoms with Crippen molar-refractivity contribution in [3.05, 3.63) is 35.9 Å². The van der Waals surface area contributed by atoms with Gasteiger partial charge in [-0.2, -0.15) is 0 Å². The lowest BCUT2D eigenvalue weighted by atomic mass is 9.73. The predicted octanol–water partition coefficient (Wildman–Crippen LogP) is 1.99. The van der Waals surface area contributed by atoms with Crippen LogP contribution in [0.5, 0.6) is 0 Å². The summed E-state index contributed by atoms with van der Waals surface area (Å²) < 4.78 is 4.92. The highest BCUT2D eigenvalue weighted by Gasteiger charge is 2.44. The lowest BCUT2D eigenvalue weighted by Gasteiger charge is -2.42. The molecule has 0 aliphatic carbocycles. The Morgan fingerprint density at radius 2 is 1.57 bits per heavy atom. The van der Waals surface area contributed by atoms with Gasteiger partial charge in [0.2, 0.25) is 11.8 Å². The highest BCUT2D eigenvalue weighted by molar-refractivity contribution is 6.64. The van der Waals surface area contributed by atoms with Gasteiger partial charge in [-0.05, 0) is 23.9 Å². The summed E-state index contributed by atoms with van der Waals surface area (Å²) in [6.45, 7) is 13.1. The Bertz CT molecular complexity index is 883. The lowest BCUT2D eigenvalue weighted by molar-refractivity contribution is -0.155. The van der Waals surface area contributed by atoms with Gasteiger partial charge in [0.15, 0.2) is 0 Å². The number of rotatable bonds is 11. The molecular formula is C26H42BN3O5. The van der Waals surface area contributed by atoms with Crippen LogP contribution in [0.1, 0.15) is 54.0 Å². The summed E-state index contributed by atoms with van der Waals surface area (Å²) in [5.41, 5.74) is -0.393. The summed E-state index contributed by atoms with van der Waals surface area (Å²) in [7, 11) is 4.62. The quantitative estimate of drug-likeness (QED) is 0.292. The third kappa shape index (κ3) is 7.40. The van der Waals surface area contributed by atoms with Crippen LogP contribution < -0.4 is 5.32 Å². The average Bonchev–Trinajstić information content (AvgIpc) is 2.76. The van der Waals surface area contributed by atoms with E-state index in [9.17, 15) is 19.2 Å². The smallest absolute Gasteiger partial charge is 0.328 e. The van der Waals surface area contributed by atoms with Crippen molar-refractivity contribution in [3.8, 4) is 0 Å². The maximum atomic E-state index is 13.8. The zero-order valence-electron chi connectivity index (χ0n) is 22.9. The van der Waals surface area contributed by atoms with Crippen LogP contribution in [0.4, 0.5) is 0 Å². The normalized spacial score (nSPS) is 14.6. The second kappa shape index (κ2) is 12.3. The Balaban J connectivity index is 3.42. The van der Waals surface area contributed by atoms with Crippen LogP contribution >= 0.6 is 0 Å². The average molecular weight is 487 g/mol. The molecule has 0 aromatic heterocycles. The minimum Gasteiger partial charge on any atom is -0.467 e. The molecule has 0 aliphatic heterocycles. The lowest BCUT2D eigenvalue weighted by Crippen LogP contribution is -2.63. The molecule has 0 bridgehead atoms. The van der Waals surface area contributed by atoms with Crippen molar-refractivity contribution in [2.24, 2.45) is 11.3 Å². The van der Waals surface area contributed by atoms with Crippen LogP contribution in [0.3, 0.4) is 0 Å². The molecule has 1 aromatic rings. The molecule has 0 spiro atoms. The number of methoxy groups -OCH3 is 1. The van der Waals surface area contributed by atoms with E-state index in [4.69, 9.17) is 4.74 Å². The van der Waals surface area contributed by atoms with Crippen LogP contribution in [0.25, 0.3) is 0 Å². The number of carbonyl (C=O) groups is 4. The van der Waals surface area contributed by atoms with Crippen LogP contribution in [0.15, 0.2) is 30.3 Å². The van der Waals surface area contributed by atoms with Gasteiger partial charge in [-0.3, -0.25) is 9.59 Å². The van der Waals surface area contributed by atoms with Gasteiger partial charge in [0, 0.05) is 12.5 Å². The molecule has 3 atom stereocenters. The molecule has 9 heteroatoms. The van der Waals surface area contributed by atoms with Crippen LogP contribution in [-0.2, 0) is 29.3 Å². The van der Waals surface area contributed by atoms with Gasteiger partial charge in [-0.15, -0.1) is 0 Å². The van der Waals surface area contributed by atoms with Crippen molar-refractivity contribution >= 4 is 31.4 Å². The minimum absolute atomic E-state index is 0.0557. The molecule has 1 N–H and O–H groups in total. The number of esters is 1. The second-order valence-electron chi connectivity index (χ2n) is 11.1. The maximum Gasteiger partial charge on any atom is 0.328 e. The molecule has 0 radical (unpaired) electrons. The molecule has 0 heterocycles. The molecule has 2 amide bonds. The SMILES string of the molecule is COC(=O)[C@H](C(C)C)N(C)C(=O)[C@@H](NC(=O)C(N(C)BC=O)C(C)(C)c1ccccc1)C(C)(C)C. The third-order valence-electron chi connectivity index (χ3n) is 6.49. The van der Waals surface area contributed by atoms with Gasteiger partial charge >= 0.3 is 5.97 Å². The number of likely N-dealkylation sites (N-methyl/N-ethyl adjacent to an activating group) is 2. The van der Waals surface area contributed by atoms with Crippen molar-refractivity contribution in [2.45, 2.75) is 72.0 Å². The van der Waals surface area contributed by atoms with Crippen molar-refractivity contribution in [1.82, 2.24) is 15.0 Å². The highest BCUT2D eigenvalue weighted by atomic mass is 16.5. The van der Waals surface area contributed by atoms with E-state index in [0.29, 0.717) is 0 Å². The Morgan fingerprint density at radius 1 is 1.03 bits per heavy atom. The first-order chi connectivity index (χ1) is 16.1. The maximum absolute atomic E-state index is 13.8. The van der Waals surface area contributed by atoms with Crippen molar-refractivity contribution < 1.29 is 23.9 Å². The number of nitrogens with one attached hydrogen (secondary N) is 1. The largest absolute Gasteiger partial charge is 0.467 e. The Morgan fingerprint density at radius 3 is 2.00 bits per heavy atom. The van der Waals surface area contributed by atoms with Crippen LogP contribution in [0.2, 0.25) is 0 Å². The van der Waals surface area contributed by atoms with E-state index in [1.165, 1.54) is 12.0 Å². The van der Waals surface area contributed by atoms with E-state index in [2.05, 4.69) is 5.32 Å². The van der Waals surface area contributed by atoms with Gasteiger partial charge in [-0.1, -0.05) is 78.8 Å². The van der Waals surface area contributed by atoms with Gasteiger partial charge < -0.3 is 24.6 Å². The highest BCUT2D eigenvalue weighted by Crippen LogP contribution is 2.31. The molecule has 0 saturated heterocycles. The summed E-state index contributed by atoms with van der Waals surface area (Å²) >= 11 is 0. The number of carbonyl (C=O) groups excluding carboxylic acids is 4. The first-order valence-electron chi connectivity index (χ1n) is 12.0. The molecule has 35 heavy (non-hydrogen) atoms. The standard InChI is InChI=1S/C26H42BN3O5/c1-17(2)19(24(34)35-10)29(8)23(33)20(25(3,4)5)28-22(32)21(30(9)27-16-31)26(6,7)18-14-12-11-13-15-18/h11-17,19-21,27H,1-10H3,(H,28,32)/t19-,20+,21?/m0/s1.